The number of halogens is 3. The average Bonchev–Trinajstić information content (AvgIpc) is 3.09. The SMILES string of the molecule is COc1cc(C(F)(F)F)cc(O)c1-c1cc2c(nn1)N([C@@H]1CCCN(C)C1)CC2. The van der Waals surface area contributed by atoms with Crippen LogP contribution in [-0.4, -0.2) is 60.0 Å². The Kier molecular flexibility index (Phi) is 5.02. The monoisotopic (exact) mass is 408 g/mol. The second kappa shape index (κ2) is 7.37. The first-order valence-corrected chi connectivity index (χ1v) is 9.58. The molecule has 1 saturated heterocycles. The van der Waals surface area contributed by atoms with Gasteiger partial charge in [0.2, 0.25) is 0 Å². The molecule has 1 aromatic heterocycles. The van der Waals surface area contributed by atoms with Crippen LogP contribution in [-0.2, 0) is 12.6 Å². The van der Waals surface area contributed by atoms with Crippen molar-refractivity contribution < 1.29 is 23.0 Å². The van der Waals surface area contributed by atoms with Crippen molar-refractivity contribution in [1.29, 1.82) is 0 Å². The van der Waals surface area contributed by atoms with Gasteiger partial charge in [-0.15, -0.1) is 10.2 Å². The van der Waals surface area contributed by atoms with E-state index >= 15 is 0 Å². The lowest BCUT2D eigenvalue weighted by molar-refractivity contribution is -0.137. The second-order valence-electron chi connectivity index (χ2n) is 7.65. The molecule has 29 heavy (non-hydrogen) atoms. The lowest BCUT2D eigenvalue weighted by atomic mass is 10.0. The van der Waals surface area contributed by atoms with Crippen LogP contribution in [0, 0.1) is 0 Å². The minimum Gasteiger partial charge on any atom is -0.507 e. The number of methoxy groups -OCH3 is 1. The molecule has 4 rings (SSSR count). The van der Waals surface area contributed by atoms with Crippen LogP contribution in [0.25, 0.3) is 11.3 Å². The third kappa shape index (κ3) is 3.71. The van der Waals surface area contributed by atoms with Crippen molar-refractivity contribution >= 4 is 5.82 Å². The third-order valence-corrected chi connectivity index (χ3v) is 5.67. The lowest BCUT2D eigenvalue weighted by Crippen LogP contribution is -2.46. The number of alkyl halides is 3. The number of anilines is 1. The fraction of sp³-hybridized carbons (Fsp3) is 0.500. The first-order chi connectivity index (χ1) is 13.8. The van der Waals surface area contributed by atoms with Gasteiger partial charge in [-0.1, -0.05) is 0 Å². The largest absolute Gasteiger partial charge is 0.507 e. The molecule has 156 valence electrons. The van der Waals surface area contributed by atoms with Crippen LogP contribution in [0.5, 0.6) is 11.5 Å². The number of piperidine rings is 1. The Morgan fingerprint density at radius 1 is 1.17 bits per heavy atom. The van der Waals surface area contributed by atoms with Crippen molar-refractivity contribution in [2.75, 3.05) is 38.7 Å². The zero-order chi connectivity index (χ0) is 20.8. The highest BCUT2D eigenvalue weighted by atomic mass is 19.4. The Morgan fingerprint density at radius 2 is 1.97 bits per heavy atom. The second-order valence-corrected chi connectivity index (χ2v) is 7.65. The minimum absolute atomic E-state index is 0.0877. The van der Waals surface area contributed by atoms with Crippen molar-refractivity contribution in [2.24, 2.45) is 0 Å². The Labute approximate surface area is 166 Å². The van der Waals surface area contributed by atoms with Crippen LogP contribution in [0.4, 0.5) is 19.0 Å². The Hall–Kier alpha value is -2.55. The van der Waals surface area contributed by atoms with Crippen LogP contribution in [0.1, 0.15) is 24.0 Å². The molecule has 0 saturated carbocycles. The fourth-order valence-corrected chi connectivity index (χ4v) is 4.25. The van der Waals surface area contributed by atoms with Gasteiger partial charge in [0.15, 0.2) is 5.82 Å². The molecule has 0 amide bonds. The molecule has 9 heteroatoms. The van der Waals surface area contributed by atoms with Crippen molar-refractivity contribution in [3.63, 3.8) is 0 Å². The van der Waals surface area contributed by atoms with Crippen LogP contribution < -0.4 is 9.64 Å². The van der Waals surface area contributed by atoms with Crippen LogP contribution in [0.2, 0.25) is 0 Å². The van der Waals surface area contributed by atoms with E-state index in [1.54, 1.807) is 6.07 Å². The number of phenolic OH excluding ortho intramolecular Hbond substituents is 1. The van der Waals surface area contributed by atoms with E-state index in [2.05, 4.69) is 27.0 Å². The third-order valence-electron chi connectivity index (χ3n) is 5.67. The Balaban J connectivity index is 1.68. The highest BCUT2D eigenvalue weighted by molar-refractivity contribution is 5.76. The molecule has 1 N–H and O–H groups in total. The topological polar surface area (TPSA) is 61.7 Å². The van der Waals surface area contributed by atoms with E-state index < -0.39 is 17.5 Å². The fourth-order valence-electron chi connectivity index (χ4n) is 4.25. The summed E-state index contributed by atoms with van der Waals surface area (Å²) in [5, 5.41) is 18.9. The normalized spacial score (nSPS) is 20.0. The minimum atomic E-state index is -4.58. The van der Waals surface area contributed by atoms with E-state index in [4.69, 9.17) is 4.74 Å². The zero-order valence-electron chi connectivity index (χ0n) is 16.3. The summed E-state index contributed by atoms with van der Waals surface area (Å²) in [7, 11) is 3.37. The quantitative estimate of drug-likeness (QED) is 0.841. The summed E-state index contributed by atoms with van der Waals surface area (Å²) in [6, 6.07) is 3.73. The van der Waals surface area contributed by atoms with E-state index in [1.807, 2.05) is 0 Å². The molecule has 3 heterocycles. The molecule has 0 unspecified atom stereocenters. The maximum atomic E-state index is 13.0. The number of aromatic nitrogens is 2. The summed E-state index contributed by atoms with van der Waals surface area (Å²) in [5.74, 6) is 0.199. The van der Waals surface area contributed by atoms with Gasteiger partial charge >= 0.3 is 6.18 Å². The summed E-state index contributed by atoms with van der Waals surface area (Å²) in [6.45, 7) is 2.90. The average molecular weight is 408 g/mol. The van der Waals surface area contributed by atoms with Gasteiger partial charge in [-0.05, 0) is 51.1 Å². The molecular weight excluding hydrogens is 385 g/mol. The van der Waals surface area contributed by atoms with Gasteiger partial charge in [0.1, 0.15) is 17.2 Å². The first kappa shape index (κ1) is 19.8. The number of benzene rings is 1. The van der Waals surface area contributed by atoms with Gasteiger partial charge in [-0.2, -0.15) is 13.2 Å². The Morgan fingerprint density at radius 3 is 2.66 bits per heavy atom. The van der Waals surface area contributed by atoms with Crippen molar-refractivity contribution in [1.82, 2.24) is 15.1 Å². The van der Waals surface area contributed by atoms with E-state index in [0.717, 1.165) is 56.3 Å². The standard InChI is InChI=1S/C20H23F3N4O2/c1-26-6-3-4-14(11-26)27-7-5-12-8-15(24-25-19(12)27)18-16(28)9-13(20(21,22)23)10-17(18)29-2/h8-10,14,28H,3-7,11H2,1-2H3/t14-/m1/s1. The predicted molar refractivity (Wildman–Crippen MR) is 102 cm³/mol. The number of likely N-dealkylation sites (tertiary alicyclic amines) is 1. The molecule has 1 fully saturated rings. The van der Waals surface area contributed by atoms with Gasteiger partial charge in [0.05, 0.1) is 18.2 Å². The number of rotatable bonds is 3. The van der Waals surface area contributed by atoms with Gasteiger partial charge in [-0.25, -0.2) is 0 Å². The van der Waals surface area contributed by atoms with E-state index in [0.29, 0.717) is 17.8 Å². The number of hydrogen-bond donors (Lipinski definition) is 1. The summed E-state index contributed by atoms with van der Waals surface area (Å²) < 4.78 is 44.2. The van der Waals surface area contributed by atoms with Crippen LogP contribution in [0.3, 0.4) is 0 Å². The zero-order valence-corrected chi connectivity index (χ0v) is 16.3. The molecule has 0 spiro atoms. The van der Waals surface area contributed by atoms with Gasteiger partial charge < -0.3 is 19.6 Å². The molecule has 0 radical (unpaired) electrons. The number of likely N-dealkylation sites (N-methyl/N-ethyl adjacent to an activating group) is 1. The van der Waals surface area contributed by atoms with Gasteiger partial charge in [-0.3, -0.25) is 0 Å². The molecule has 0 bridgehead atoms. The summed E-state index contributed by atoms with van der Waals surface area (Å²) in [5.41, 5.74) is 0.419. The highest BCUT2D eigenvalue weighted by Crippen LogP contribution is 2.43. The van der Waals surface area contributed by atoms with E-state index in [-0.39, 0.29) is 11.3 Å². The molecule has 0 aliphatic carbocycles. The predicted octanol–water partition coefficient (Wildman–Crippen LogP) is 3.33. The molecule has 2 aliphatic rings. The molecule has 2 aliphatic heterocycles. The molecule has 1 atom stereocenters. The molecular formula is C20H23F3N4O2. The number of aromatic hydroxyl groups is 1. The maximum Gasteiger partial charge on any atom is 0.416 e. The number of ether oxygens (including phenoxy) is 1. The number of fused-ring (bicyclic) bond motifs is 1. The number of phenols is 1. The highest BCUT2D eigenvalue weighted by Gasteiger charge is 2.34. The Bertz CT molecular complexity index is 919. The van der Waals surface area contributed by atoms with Gasteiger partial charge in [0.25, 0.3) is 0 Å². The first-order valence-electron chi connectivity index (χ1n) is 9.58. The number of nitrogens with zero attached hydrogens (tertiary/aromatic N) is 4. The van der Waals surface area contributed by atoms with Gasteiger partial charge in [0, 0.05) is 24.7 Å². The lowest BCUT2D eigenvalue weighted by Gasteiger charge is -2.36. The van der Waals surface area contributed by atoms with Crippen LogP contribution in [0.15, 0.2) is 18.2 Å². The number of hydrogen-bond acceptors (Lipinski definition) is 6. The smallest absolute Gasteiger partial charge is 0.416 e. The van der Waals surface area contributed by atoms with Crippen molar-refractivity contribution in [3.05, 3.63) is 29.3 Å². The van der Waals surface area contributed by atoms with E-state index in [9.17, 15) is 18.3 Å². The summed E-state index contributed by atoms with van der Waals surface area (Å²) >= 11 is 0. The van der Waals surface area contributed by atoms with Crippen molar-refractivity contribution in [2.45, 2.75) is 31.5 Å². The molecule has 6 nitrogen and oxygen atoms in total. The van der Waals surface area contributed by atoms with Crippen molar-refractivity contribution in [3.8, 4) is 22.8 Å². The van der Waals surface area contributed by atoms with E-state index in [1.165, 1.54) is 7.11 Å². The summed E-state index contributed by atoms with van der Waals surface area (Å²) in [6.07, 6.45) is -1.57. The molecule has 2 aromatic rings. The summed E-state index contributed by atoms with van der Waals surface area (Å²) in [4.78, 5) is 4.57. The van der Waals surface area contributed by atoms with Crippen LogP contribution >= 0.6 is 0 Å². The molecule has 1 aromatic carbocycles. The maximum absolute atomic E-state index is 13.0.